The van der Waals surface area contributed by atoms with Crippen LogP contribution < -0.4 is 4.90 Å². The van der Waals surface area contributed by atoms with Gasteiger partial charge in [0.25, 0.3) is 0 Å². The smallest absolute Gasteiger partial charge is 0.143 e. The van der Waals surface area contributed by atoms with Gasteiger partial charge in [-0.1, -0.05) is 127 Å². The molecule has 1 heterocycles. The quantitative estimate of drug-likeness (QED) is 0.203. The number of hydrogen-bond donors (Lipinski definition) is 0. The van der Waals surface area contributed by atoms with Gasteiger partial charge in [-0.25, -0.2) is 0 Å². The summed E-state index contributed by atoms with van der Waals surface area (Å²) in [5, 5.41) is -5.09. The molecule has 206 valence electrons. The van der Waals surface area contributed by atoms with E-state index in [-0.39, 0.29) is 0 Å². The summed E-state index contributed by atoms with van der Waals surface area (Å²) in [6.07, 6.45) is 0. The molecule has 8 aromatic carbocycles. The Hall–Kier alpha value is -5.86. The van der Waals surface area contributed by atoms with Gasteiger partial charge in [-0.05, 0) is 68.9 Å². The van der Waals surface area contributed by atoms with E-state index in [1.807, 2.05) is 0 Å². The molecule has 2 nitrogen and oxygen atoms in total. The van der Waals surface area contributed by atoms with E-state index in [0.717, 1.165) is 0 Å². The maximum Gasteiger partial charge on any atom is 0.143 e. The molecule has 0 saturated carbocycles. The van der Waals surface area contributed by atoms with E-state index in [0.29, 0.717) is 4.90 Å². The minimum Gasteiger partial charge on any atom is -0.455 e. The van der Waals surface area contributed by atoms with Crippen LogP contribution in [0.5, 0.6) is 0 Å². The summed E-state index contributed by atoms with van der Waals surface area (Å²) < 4.78 is 247. The molecule has 9 aromatic rings. The average molecular weight is 589 g/mol. The predicted octanol–water partition coefficient (Wildman–Crippen LogP) is 12.2. The van der Waals surface area contributed by atoms with Crippen LogP contribution >= 0.6 is 0 Å². The maximum atomic E-state index is 9.68. The van der Waals surface area contributed by atoms with Gasteiger partial charge in [0, 0.05) is 21.8 Å². The summed E-state index contributed by atoms with van der Waals surface area (Å²) in [6, 6.07) is -25.9. The van der Waals surface area contributed by atoms with E-state index in [9.17, 15) is 9.60 Å². The third kappa shape index (κ3) is 3.82. The van der Waals surface area contributed by atoms with E-state index >= 15 is 0 Å². The summed E-state index contributed by atoms with van der Waals surface area (Å²) in [5.41, 5.74) is -5.96. The molecule has 0 aliphatic heterocycles. The van der Waals surface area contributed by atoms with Crippen molar-refractivity contribution in [1.82, 2.24) is 0 Å². The average Bonchev–Trinajstić information content (AvgIpc) is 3.73. The van der Waals surface area contributed by atoms with Gasteiger partial charge in [0.2, 0.25) is 0 Å². The monoisotopic (exact) mass is 588 g/mol. The molecule has 0 spiro atoms. The third-order valence-corrected chi connectivity index (χ3v) is 6.87. The molecule has 0 N–H and O–H groups in total. The van der Waals surface area contributed by atoms with Crippen LogP contribution in [0.25, 0.3) is 65.4 Å². The molecule has 0 fully saturated rings. The van der Waals surface area contributed by atoms with Crippen molar-refractivity contribution in [3.63, 3.8) is 0 Å². The fourth-order valence-corrected chi connectivity index (χ4v) is 4.96. The van der Waals surface area contributed by atoms with Gasteiger partial charge in [0.15, 0.2) is 0 Å². The Kier molecular flexibility index (Phi) is 2.20. The molecule has 0 atom stereocenters. The first-order chi connectivity index (χ1) is 33.1. The molecule has 9 rings (SSSR count). The minimum atomic E-state index is -1.22. The standard InChI is InChI=1S/C42H27NO/c1-4-15-33-28(10-1)13-7-18-34(33)31-22-25-32(26-23-31)43(38-19-8-14-29-11-2-5-16-35(29)38)39-20-9-21-40-41(39)37-27-24-30-12-3-6-17-36(30)42(37)44-40/h1-27H/i1D,2D,3D,4D,5D,6D,7D,8D,9D,10D,11D,12D,13D,14D,15D,16D,17D,18D,19D,20D,21D,22D,23D,24D,25D,26D,27D. The summed E-state index contributed by atoms with van der Waals surface area (Å²) in [4.78, 5) is 0.506. The number of benzene rings is 8. The highest BCUT2D eigenvalue weighted by Gasteiger charge is 2.21. The van der Waals surface area contributed by atoms with Crippen molar-refractivity contribution < 1.29 is 41.4 Å². The van der Waals surface area contributed by atoms with Gasteiger partial charge in [0.1, 0.15) is 11.2 Å². The molecular formula is C42H27NO. The lowest BCUT2D eigenvalue weighted by molar-refractivity contribution is 0.672. The Labute approximate surface area is 292 Å². The summed E-state index contributed by atoms with van der Waals surface area (Å²) in [7, 11) is 0. The van der Waals surface area contributed by atoms with E-state index in [1.54, 1.807) is 0 Å². The fourth-order valence-electron chi connectivity index (χ4n) is 4.96. The van der Waals surface area contributed by atoms with Gasteiger partial charge >= 0.3 is 0 Å². The predicted molar refractivity (Wildman–Crippen MR) is 186 cm³/mol. The third-order valence-electron chi connectivity index (χ3n) is 6.87. The zero-order valence-corrected chi connectivity index (χ0v) is 21.9. The second-order valence-electron chi connectivity index (χ2n) is 9.27. The molecule has 44 heavy (non-hydrogen) atoms. The van der Waals surface area contributed by atoms with Crippen LogP contribution in [0.2, 0.25) is 0 Å². The molecule has 0 bridgehead atoms. The number of rotatable bonds is 4. The lowest BCUT2D eigenvalue weighted by atomic mass is 9.97. The number of nitrogens with zero attached hydrogens (tertiary/aromatic N) is 1. The van der Waals surface area contributed by atoms with Gasteiger partial charge in [0.05, 0.1) is 53.8 Å². The normalized spacial score (nSPS) is 20.2. The van der Waals surface area contributed by atoms with E-state index in [1.165, 1.54) is 0 Å². The van der Waals surface area contributed by atoms with Crippen molar-refractivity contribution in [2.75, 3.05) is 4.90 Å². The SMILES string of the molecule is [2H]c1c([2H])c(N(c2c([2H])c([2H])c([2H])c3c([2H])c([2H])c([2H])c([2H])c23)c2c([2H])c([2H])c([2H])c3oc4c5c([2H])c([2H])c([2H])c([2H])c5c([2H])c([2H])c4c23)c([2H])c([2H])c1-c1c([2H])c([2H])c([2H])c2c([2H])c([2H])c([2H])c([2H])c12. The summed E-state index contributed by atoms with van der Waals surface area (Å²) in [6.45, 7) is 0. The number of anilines is 3. The van der Waals surface area contributed by atoms with Crippen LogP contribution in [-0.2, 0) is 0 Å². The zero-order valence-electron chi connectivity index (χ0n) is 48.9. The molecule has 0 aliphatic carbocycles. The van der Waals surface area contributed by atoms with Crippen LogP contribution in [0.3, 0.4) is 0 Å². The first kappa shape index (κ1) is 9.83. The van der Waals surface area contributed by atoms with E-state index in [2.05, 4.69) is 0 Å². The van der Waals surface area contributed by atoms with Gasteiger partial charge in [-0.3, -0.25) is 0 Å². The van der Waals surface area contributed by atoms with Crippen molar-refractivity contribution in [1.29, 1.82) is 0 Å². The lowest BCUT2D eigenvalue weighted by Gasteiger charge is -2.27. The first-order valence-corrected chi connectivity index (χ1v) is 12.8. The number of hydrogen-bond acceptors (Lipinski definition) is 2. The van der Waals surface area contributed by atoms with Crippen LogP contribution in [0.1, 0.15) is 37.0 Å². The Morgan fingerprint density at radius 1 is 0.432 bits per heavy atom. The van der Waals surface area contributed by atoms with Crippen LogP contribution in [-0.4, -0.2) is 0 Å². The molecule has 0 amide bonds. The van der Waals surface area contributed by atoms with Crippen molar-refractivity contribution in [2.45, 2.75) is 0 Å². The van der Waals surface area contributed by atoms with Gasteiger partial charge in [-0.2, -0.15) is 0 Å². The van der Waals surface area contributed by atoms with Crippen molar-refractivity contribution in [2.24, 2.45) is 0 Å². The zero-order chi connectivity index (χ0) is 52.5. The highest BCUT2D eigenvalue weighted by molar-refractivity contribution is 6.20. The van der Waals surface area contributed by atoms with Crippen molar-refractivity contribution in [3.8, 4) is 11.1 Å². The summed E-state index contributed by atoms with van der Waals surface area (Å²) in [5.74, 6) is 0. The van der Waals surface area contributed by atoms with Crippen molar-refractivity contribution >= 4 is 71.3 Å². The molecular weight excluding hydrogens is 534 g/mol. The molecule has 0 aliphatic rings. The molecule has 0 unspecified atom stereocenters. The Morgan fingerprint density at radius 3 is 1.82 bits per heavy atom. The molecule has 0 radical (unpaired) electrons. The molecule has 1 aromatic heterocycles. The second-order valence-corrected chi connectivity index (χ2v) is 9.27. The Bertz CT molecular complexity index is 3990. The summed E-state index contributed by atoms with van der Waals surface area (Å²) >= 11 is 0. The van der Waals surface area contributed by atoms with E-state index < -0.39 is 246 Å². The number of furan rings is 1. The topological polar surface area (TPSA) is 16.4 Å². The van der Waals surface area contributed by atoms with Gasteiger partial charge in [-0.15, -0.1) is 0 Å². The Morgan fingerprint density at radius 2 is 1.02 bits per heavy atom. The lowest BCUT2D eigenvalue weighted by Crippen LogP contribution is -2.10. The van der Waals surface area contributed by atoms with Crippen LogP contribution in [0, 0.1) is 0 Å². The van der Waals surface area contributed by atoms with Crippen LogP contribution in [0.4, 0.5) is 17.1 Å². The Balaban J connectivity index is 1.59. The van der Waals surface area contributed by atoms with Crippen molar-refractivity contribution in [3.05, 3.63) is 163 Å². The first-order valence-electron chi connectivity index (χ1n) is 26.3. The van der Waals surface area contributed by atoms with E-state index in [4.69, 9.17) is 31.8 Å². The van der Waals surface area contributed by atoms with Gasteiger partial charge < -0.3 is 9.32 Å². The number of fused-ring (bicyclic) bond motifs is 7. The highest BCUT2D eigenvalue weighted by Crippen LogP contribution is 2.46. The second kappa shape index (κ2) is 9.86. The fraction of sp³-hybridized carbons (Fsp3) is 0. The van der Waals surface area contributed by atoms with Crippen LogP contribution in [0.15, 0.2) is 168 Å². The highest BCUT2D eigenvalue weighted by atomic mass is 16.3. The molecule has 0 saturated heterocycles. The largest absolute Gasteiger partial charge is 0.455 e. The maximum absolute atomic E-state index is 9.68. The minimum absolute atomic E-state index is 0.506. The molecule has 2 heteroatoms.